The number of rotatable bonds is 4. The second-order valence-corrected chi connectivity index (χ2v) is 6.08. The van der Waals surface area contributed by atoms with E-state index in [-0.39, 0.29) is 28.2 Å². The number of hydrogen-bond acceptors (Lipinski definition) is 2. The van der Waals surface area contributed by atoms with E-state index >= 15 is 0 Å². The van der Waals surface area contributed by atoms with Crippen LogP contribution in [-0.4, -0.2) is 5.78 Å². The van der Waals surface area contributed by atoms with Gasteiger partial charge in [-0.05, 0) is 53.2 Å². The third kappa shape index (κ3) is 3.68. The molecule has 0 aliphatic rings. The summed E-state index contributed by atoms with van der Waals surface area (Å²) in [5.74, 6) is -1.33. The summed E-state index contributed by atoms with van der Waals surface area (Å²) in [7, 11) is 0. The SMILES string of the molecule is CC(=O)c1ccc(Br)cc1OCc1c(F)ccc(Br)c1F. The molecule has 0 saturated heterocycles. The molecule has 0 spiro atoms. The predicted octanol–water partition coefficient (Wildman–Crippen LogP) is 5.27. The fourth-order valence-corrected chi connectivity index (χ4v) is 2.47. The molecule has 0 aliphatic carbocycles. The smallest absolute Gasteiger partial charge is 0.163 e. The lowest BCUT2D eigenvalue weighted by Crippen LogP contribution is -2.05. The van der Waals surface area contributed by atoms with Crippen molar-refractivity contribution in [1.29, 1.82) is 0 Å². The average molecular weight is 420 g/mol. The minimum Gasteiger partial charge on any atom is -0.488 e. The Morgan fingerprint density at radius 1 is 1.19 bits per heavy atom. The lowest BCUT2D eigenvalue weighted by molar-refractivity contribution is 0.101. The van der Waals surface area contributed by atoms with Crippen LogP contribution in [0.2, 0.25) is 0 Å². The van der Waals surface area contributed by atoms with Crippen LogP contribution in [0.25, 0.3) is 0 Å². The summed E-state index contributed by atoms with van der Waals surface area (Å²) < 4.78 is 33.8. The first-order valence-corrected chi connectivity index (χ1v) is 7.54. The number of hydrogen-bond donors (Lipinski definition) is 0. The van der Waals surface area contributed by atoms with Gasteiger partial charge in [-0.25, -0.2) is 8.78 Å². The van der Waals surface area contributed by atoms with Crippen molar-refractivity contribution < 1.29 is 18.3 Å². The van der Waals surface area contributed by atoms with Gasteiger partial charge in [0.05, 0.1) is 15.6 Å². The molecule has 0 atom stereocenters. The Hall–Kier alpha value is -1.27. The normalized spacial score (nSPS) is 10.5. The molecule has 0 unspecified atom stereocenters. The predicted molar refractivity (Wildman–Crippen MR) is 82.5 cm³/mol. The van der Waals surface area contributed by atoms with E-state index in [9.17, 15) is 13.6 Å². The van der Waals surface area contributed by atoms with Crippen molar-refractivity contribution in [2.75, 3.05) is 0 Å². The second kappa shape index (κ2) is 6.66. The molecule has 21 heavy (non-hydrogen) atoms. The van der Waals surface area contributed by atoms with Crippen molar-refractivity contribution in [2.45, 2.75) is 13.5 Å². The monoisotopic (exact) mass is 418 g/mol. The lowest BCUT2D eigenvalue weighted by atomic mass is 10.1. The Labute approximate surface area is 137 Å². The Bertz CT molecular complexity index is 702. The van der Waals surface area contributed by atoms with Crippen molar-refractivity contribution in [1.82, 2.24) is 0 Å². The molecule has 2 nitrogen and oxygen atoms in total. The Morgan fingerprint density at radius 3 is 2.57 bits per heavy atom. The maximum Gasteiger partial charge on any atom is 0.163 e. The number of Topliss-reactive ketones (excluding diaryl/α,β-unsaturated/α-hetero) is 1. The highest BCUT2D eigenvalue weighted by atomic mass is 79.9. The van der Waals surface area contributed by atoms with Crippen LogP contribution in [0.4, 0.5) is 8.78 Å². The lowest BCUT2D eigenvalue weighted by Gasteiger charge is -2.12. The van der Waals surface area contributed by atoms with E-state index in [4.69, 9.17) is 4.74 Å². The molecule has 0 N–H and O–H groups in total. The van der Waals surface area contributed by atoms with E-state index in [2.05, 4.69) is 31.9 Å². The summed E-state index contributed by atoms with van der Waals surface area (Å²) in [6.45, 7) is 1.09. The van der Waals surface area contributed by atoms with Gasteiger partial charge in [0.15, 0.2) is 5.78 Å². The van der Waals surface area contributed by atoms with Gasteiger partial charge >= 0.3 is 0 Å². The van der Waals surface area contributed by atoms with Gasteiger partial charge in [0.25, 0.3) is 0 Å². The standard InChI is InChI=1S/C15H10Br2F2O2/c1-8(20)10-3-2-9(16)6-14(10)21-7-11-13(18)5-4-12(17)15(11)19/h2-6H,7H2,1H3. The van der Waals surface area contributed by atoms with Gasteiger partial charge in [0.1, 0.15) is 24.0 Å². The summed E-state index contributed by atoms with van der Waals surface area (Å²) in [6.07, 6.45) is 0. The van der Waals surface area contributed by atoms with Crippen LogP contribution in [0.1, 0.15) is 22.8 Å². The number of carbonyl (C=O) groups excluding carboxylic acids is 1. The van der Waals surface area contributed by atoms with E-state index in [1.807, 2.05) is 0 Å². The van der Waals surface area contributed by atoms with Crippen LogP contribution < -0.4 is 4.74 Å². The molecule has 0 saturated carbocycles. The Balaban J connectivity index is 2.31. The number of halogens is 4. The molecule has 0 heterocycles. The van der Waals surface area contributed by atoms with E-state index in [0.29, 0.717) is 10.0 Å². The topological polar surface area (TPSA) is 26.3 Å². The second-order valence-electron chi connectivity index (χ2n) is 4.31. The summed E-state index contributed by atoms with van der Waals surface area (Å²) in [4.78, 5) is 11.5. The molecule has 0 bridgehead atoms. The van der Waals surface area contributed by atoms with Crippen LogP contribution in [0, 0.1) is 11.6 Å². The van der Waals surface area contributed by atoms with Gasteiger partial charge in [-0.3, -0.25) is 4.79 Å². The Kier molecular flexibility index (Phi) is 5.11. The number of benzene rings is 2. The summed E-state index contributed by atoms with van der Waals surface area (Å²) in [6, 6.07) is 7.32. The molecule has 6 heteroatoms. The molecule has 0 radical (unpaired) electrons. The van der Waals surface area contributed by atoms with Crippen molar-refractivity contribution in [3.8, 4) is 5.75 Å². The summed E-state index contributed by atoms with van der Waals surface area (Å²) >= 11 is 6.26. The van der Waals surface area contributed by atoms with E-state index in [0.717, 1.165) is 6.07 Å². The fourth-order valence-electron chi connectivity index (χ4n) is 1.76. The highest BCUT2D eigenvalue weighted by Gasteiger charge is 2.15. The minimum atomic E-state index is -0.714. The molecular formula is C15H10Br2F2O2. The summed E-state index contributed by atoms with van der Waals surface area (Å²) in [5, 5.41) is 0. The average Bonchev–Trinajstić information content (AvgIpc) is 2.43. The molecule has 110 valence electrons. The zero-order chi connectivity index (χ0) is 15.6. The molecule has 2 aromatic rings. The molecule has 2 aromatic carbocycles. The molecule has 0 aliphatic heterocycles. The van der Waals surface area contributed by atoms with Crippen LogP contribution >= 0.6 is 31.9 Å². The van der Waals surface area contributed by atoms with Crippen molar-refractivity contribution in [2.24, 2.45) is 0 Å². The molecular weight excluding hydrogens is 410 g/mol. The van der Waals surface area contributed by atoms with Gasteiger partial charge in [-0.2, -0.15) is 0 Å². The maximum absolute atomic E-state index is 13.9. The molecule has 0 fully saturated rings. The number of carbonyl (C=O) groups is 1. The van der Waals surface area contributed by atoms with Crippen molar-refractivity contribution in [3.05, 3.63) is 62.0 Å². The Morgan fingerprint density at radius 2 is 1.90 bits per heavy atom. The van der Waals surface area contributed by atoms with E-state index in [1.54, 1.807) is 18.2 Å². The highest BCUT2D eigenvalue weighted by molar-refractivity contribution is 9.10. The number of ketones is 1. The summed E-state index contributed by atoms with van der Waals surface area (Å²) in [5.41, 5.74) is 0.160. The van der Waals surface area contributed by atoms with Gasteiger partial charge < -0.3 is 4.74 Å². The van der Waals surface area contributed by atoms with E-state index in [1.165, 1.54) is 13.0 Å². The van der Waals surface area contributed by atoms with Gasteiger partial charge in [0.2, 0.25) is 0 Å². The molecule has 2 rings (SSSR count). The van der Waals surface area contributed by atoms with Crippen LogP contribution in [0.5, 0.6) is 5.75 Å². The molecule has 0 amide bonds. The number of ether oxygens (including phenoxy) is 1. The van der Waals surface area contributed by atoms with Gasteiger partial charge in [-0.1, -0.05) is 15.9 Å². The zero-order valence-electron chi connectivity index (χ0n) is 10.9. The largest absolute Gasteiger partial charge is 0.488 e. The minimum absolute atomic E-state index is 0.156. The van der Waals surface area contributed by atoms with Gasteiger partial charge in [0, 0.05) is 4.47 Å². The van der Waals surface area contributed by atoms with Crippen LogP contribution in [0.15, 0.2) is 39.3 Å². The first kappa shape index (κ1) is 16.1. The fraction of sp³-hybridized carbons (Fsp3) is 0.133. The highest BCUT2D eigenvalue weighted by Crippen LogP contribution is 2.27. The third-order valence-electron chi connectivity index (χ3n) is 2.83. The molecule has 0 aromatic heterocycles. The zero-order valence-corrected chi connectivity index (χ0v) is 14.1. The van der Waals surface area contributed by atoms with Gasteiger partial charge in [-0.15, -0.1) is 0 Å². The first-order chi connectivity index (χ1) is 9.90. The first-order valence-electron chi connectivity index (χ1n) is 5.96. The van der Waals surface area contributed by atoms with Crippen LogP contribution in [-0.2, 0) is 6.61 Å². The van der Waals surface area contributed by atoms with Crippen LogP contribution in [0.3, 0.4) is 0 Å². The van der Waals surface area contributed by atoms with Crippen molar-refractivity contribution in [3.63, 3.8) is 0 Å². The quantitative estimate of drug-likeness (QED) is 0.498. The maximum atomic E-state index is 13.9. The van der Waals surface area contributed by atoms with E-state index < -0.39 is 11.6 Å². The van der Waals surface area contributed by atoms with Crippen molar-refractivity contribution >= 4 is 37.6 Å². The third-order valence-corrected chi connectivity index (χ3v) is 3.94.